The van der Waals surface area contributed by atoms with E-state index in [4.69, 9.17) is 16.3 Å². The molecular weight excluding hydrogens is 334 g/mol. The number of rotatable bonds is 6. The van der Waals surface area contributed by atoms with Crippen molar-refractivity contribution in [2.45, 2.75) is 25.7 Å². The van der Waals surface area contributed by atoms with Crippen molar-refractivity contribution in [3.63, 3.8) is 0 Å². The Kier molecular flexibility index (Phi) is 5.55. The van der Waals surface area contributed by atoms with Gasteiger partial charge >= 0.3 is 0 Å². The normalized spacial score (nSPS) is 11.3. The number of hydrogen-bond acceptors (Lipinski definition) is 3. The third-order valence-corrected chi connectivity index (χ3v) is 5.83. The molecule has 124 valence electrons. The van der Waals surface area contributed by atoms with Gasteiger partial charge in [-0.2, -0.15) is 0 Å². The number of ether oxygens (including phenoxy) is 1. The summed E-state index contributed by atoms with van der Waals surface area (Å²) in [5, 5.41) is 0.544. The van der Waals surface area contributed by atoms with E-state index >= 15 is 0 Å². The zero-order chi connectivity index (χ0) is 17.0. The molecular formula is C17H20ClNO3S. The van der Waals surface area contributed by atoms with Crippen LogP contribution in [0.4, 0.5) is 5.69 Å². The van der Waals surface area contributed by atoms with Gasteiger partial charge in [0.2, 0.25) is 0 Å². The SMILES string of the molecule is CCOc1ccc(S(=O)(=O)N(CC)c2cccc(Cl)c2C)cc1. The van der Waals surface area contributed by atoms with Gasteiger partial charge in [-0.1, -0.05) is 17.7 Å². The molecule has 0 aromatic heterocycles. The van der Waals surface area contributed by atoms with E-state index in [2.05, 4.69) is 0 Å². The second-order valence-electron chi connectivity index (χ2n) is 4.96. The molecule has 0 unspecified atom stereocenters. The van der Waals surface area contributed by atoms with Gasteiger partial charge in [0.05, 0.1) is 17.2 Å². The lowest BCUT2D eigenvalue weighted by molar-refractivity contribution is 0.340. The van der Waals surface area contributed by atoms with Crippen LogP contribution in [0.5, 0.6) is 5.75 Å². The van der Waals surface area contributed by atoms with Gasteiger partial charge in [-0.15, -0.1) is 0 Å². The minimum absolute atomic E-state index is 0.224. The Labute approximate surface area is 142 Å². The molecule has 2 aromatic rings. The molecule has 2 aromatic carbocycles. The summed E-state index contributed by atoms with van der Waals surface area (Å²) in [4.78, 5) is 0.224. The van der Waals surface area contributed by atoms with Gasteiger partial charge in [-0.05, 0) is 62.7 Å². The van der Waals surface area contributed by atoms with Gasteiger partial charge < -0.3 is 4.74 Å². The summed E-state index contributed by atoms with van der Waals surface area (Å²) < 4.78 is 32.6. The van der Waals surface area contributed by atoms with Crippen LogP contribution in [-0.2, 0) is 10.0 Å². The van der Waals surface area contributed by atoms with Crippen LogP contribution in [0.25, 0.3) is 0 Å². The van der Waals surface area contributed by atoms with E-state index in [9.17, 15) is 8.42 Å². The maximum absolute atomic E-state index is 12.9. The Morgan fingerprint density at radius 2 is 1.74 bits per heavy atom. The molecule has 4 nitrogen and oxygen atoms in total. The van der Waals surface area contributed by atoms with E-state index in [0.717, 1.165) is 5.56 Å². The Morgan fingerprint density at radius 3 is 2.30 bits per heavy atom. The number of hydrogen-bond donors (Lipinski definition) is 0. The quantitative estimate of drug-likeness (QED) is 0.779. The summed E-state index contributed by atoms with van der Waals surface area (Å²) in [7, 11) is -3.66. The topological polar surface area (TPSA) is 46.6 Å². The molecule has 0 N–H and O–H groups in total. The van der Waals surface area contributed by atoms with Gasteiger partial charge in [-0.3, -0.25) is 4.31 Å². The fourth-order valence-corrected chi connectivity index (χ4v) is 4.04. The number of halogens is 1. The third kappa shape index (κ3) is 3.62. The molecule has 0 aliphatic carbocycles. The van der Waals surface area contributed by atoms with E-state index in [-0.39, 0.29) is 4.90 Å². The zero-order valence-corrected chi connectivity index (χ0v) is 15.0. The van der Waals surface area contributed by atoms with Gasteiger partial charge in [0.15, 0.2) is 0 Å². The van der Waals surface area contributed by atoms with Crippen molar-refractivity contribution in [1.82, 2.24) is 0 Å². The van der Waals surface area contributed by atoms with Gasteiger partial charge in [0.1, 0.15) is 5.75 Å². The molecule has 0 saturated carbocycles. The van der Waals surface area contributed by atoms with Crippen molar-refractivity contribution in [3.05, 3.63) is 53.1 Å². The van der Waals surface area contributed by atoms with Crippen molar-refractivity contribution in [3.8, 4) is 5.75 Å². The van der Waals surface area contributed by atoms with Crippen molar-refractivity contribution in [2.75, 3.05) is 17.5 Å². The second kappa shape index (κ2) is 7.23. The van der Waals surface area contributed by atoms with Crippen LogP contribution in [0.3, 0.4) is 0 Å². The molecule has 23 heavy (non-hydrogen) atoms. The first-order valence-electron chi connectivity index (χ1n) is 7.42. The van der Waals surface area contributed by atoms with Crippen LogP contribution >= 0.6 is 11.6 Å². The van der Waals surface area contributed by atoms with E-state index < -0.39 is 10.0 Å². The first kappa shape index (κ1) is 17.6. The minimum atomic E-state index is -3.66. The Balaban J connectivity index is 2.45. The fraction of sp³-hybridized carbons (Fsp3) is 0.294. The highest BCUT2D eigenvalue weighted by Gasteiger charge is 2.25. The fourth-order valence-electron chi connectivity index (χ4n) is 2.34. The molecule has 0 bridgehead atoms. The van der Waals surface area contributed by atoms with Crippen molar-refractivity contribution >= 4 is 27.3 Å². The highest BCUT2D eigenvalue weighted by Crippen LogP contribution is 2.31. The largest absolute Gasteiger partial charge is 0.494 e. The smallest absolute Gasteiger partial charge is 0.264 e. The molecule has 0 aliphatic rings. The first-order chi connectivity index (χ1) is 10.9. The Hall–Kier alpha value is -1.72. The van der Waals surface area contributed by atoms with E-state index in [1.54, 1.807) is 49.4 Å². The number of nitrogens with zero attached hydrogens (tertiary/aromatic N) is 1. The standard InChI is InChI=1S/C17H20ClNO3S/c1-4-19(17-8-6-7-16(18)13(17)3)23(20,21)15-11-9-14(10-12-15)22-5-2/h6-12H,4-5H2,1-3H3. The lowest BCUT2D eigenvalue weighted by Gasteiger charge is -2.25. The molecule has 6 heteroatoms. The van der Waals surface area contributed by atoms with Gasteiger partial charge in [-0.25, -0.2) is 8.42 Å². The van der Waals surface area contributed by atoms with E-state index in [1.165, 1.54) is 4.31 Å². The highest BCUT2D eigenvalue weighted by molar-refractivity contribution is 7.92. The van der Waals surface area contributed by atoms with E-state index in [0.29, 0.717) is 29.6 Å². The summed E-state index contributed by atoms with van der Waals surface area (Å²) in [6.07, 6.45) is 0. The summed E-state index contributed by atoms with van der Waals surface area (Å²) >= 11 is 6.13. The molecule has 0 spiro atoms. The van der Waals surface area contributed by atoms with Crippen molar-refractivity contribution in [1.29, 1.82) is 0 Å². The molecule has 0 atom stereocenters. The average molecular weight is 354 g/mol. The molecule has 2 rings (SSSR count). The van der Waals surface area contributed by atoms with E-state index in [1.807, 2.05) is 13.8 Å². The first-order valence-corrected chi connectivity index (χ1v) is 9.24. The predicted molar refractivity (Wildman–Crippen MR) is 94.0 cm³/mol. The van der Waals surface area contributed by atoms with Crippen molar-refractivity contribution in [2.24, 2.45) is 0 Å². The third-order valence-electron chi connectivity index (χ3n) is 3.52. The predicted octanol–water partition coefficient (Wildman–Crippen LogP) is 4.26. The van der Waals surface area contributed by atoms with Crippen LogP contribution in [-0.4, -0.2) is 21.6 Å². The summed E-state index contributed by atoms with van der Waals surface area (Å²) in [6, 6.07) is 11.7. The average Bonchev–Trinajstić information content (AvgIpc) is 2.53. The Bertz CT molecular complexity index is 773. The maximum atomic E-state index is 12.9. The molecule has 0 heterocycles. The molecule has 0 amide bonds. The number of benzene rings is 2. The Morgan fingerprint density at radius 1 is 1.09 bits per heavy atom. The summed E-state index contributed by atoms with van der Waals surface area (Å²) in [6.45, 7) is 6.34. The van der Waals surface area contributed by atoms with Crippen LogP contribution in [0.15, 0.2) is 47.4 Å². The molecule has 0 fully saturated rings. The van der Waals surface area contributed by atoms with Crippen LogP contribution in [0.1, 0.15) is 19.4 Å². The van der Waals surface area contributed by atoms with Crippen LogP contribution < -0.4 is 9.04 Å². The maximum Gasteiger partial charge on any atom is 0.264 e. The molecule has 0 radical (unpaired) electrons. The highest BCUT2D eigenvalue weighted by atomic mass is 35.5. The molecule has 0 aliphatic heterocycles. The molecule has 0 saturated heterocycles. The van der Waals surface area contributed by atoms with Crippen LogP contribution in [0, 0.1) is 6.92 Å². The second-order valence-corrected chi connectivity index (χ2v) is 7.23. The monoisotopic (exact) mass is 353 g/mol. The zero-order valence-electron chi connectivity index (χ0n) is 13.4. The summed E-state index contributed by atoms with van der Waals surface area (Å²) in [5.74, 6) is 0.647. The minimum Gasteiger partial charge on any atom is -0.494 e. The van der Waals surface area contributed by atoms with Gasteiger partial charge in [0.25, 0.3) is 10.0 Å². The van der Waals surface area contributed by atoms with Crippen molar-refractivity contribution < 1.29 is 13.2 Å². The lowest BCUT2D eigenvalue weighted by atomic mass is 10.2. The van der Waals surface area contributed by atoms with Crippen LogP contribution in [0.2, 0.25) is 5.02 Å². The van der Waals surface area contributed by atoms with Gasteiger partial charge in [0, 0.05) is 11.6 Å². The summed E-state index contributed by atoms with van der Waals surface area (Å²) in [5.41, 5.74) is 1.33. The number of anilines is 1. The number of sulfonamides is 1. The lowest BCUT2D eigenvalue weighted by Crippen LogP contribution is -2.31.